The van der Waals surface area contributed by atoms with Crippen LogP contribution >= 0.6 is 0 Å². The number of hydrogen-bond donors (Lipinski definition) is 4. The first-order valence-corrected chi connectivity index (χ1v) is 15.7. The van der Waals surface area contributed by atoms with Gasteiger partial charge in [-0.1, -0.05) is 76.8 Å². The van der Waals surface area contributed by atoms with Crippen LogP contribution in [0, 0.1) is 36.0 Å². The molecule has 0 saturated heterocycles. The number of pyridine rings is 1. The number of rotatable bonds is 8. The first-order valence-electron chi connectivity index (χ1n) is 15.7. The quantitative estimate of drug-likeness (QED) is 0.265. The lowest BCUT2D eigenvalue weighted by Crippen LogP contribution is -2.36. The third kappa shape index (κ3) is 7.86. The molecule has 3 saturated carbocycles. The van der Waals surface area contributed by atoms with Gasteiger partial charge in [-0.05, 0) is 93.0 Å². The Bertz CT molecular complexity index is 1060. The normalized spacial score (nSPS) is 29.4. The molecule has 4 rings (SSSR count). The minimum Gasteiger partial charge on any atom is -0.506 e. The Morgan fingerprint density at radius 3 is 2.50 bits per heavy atom. The molecule has 0 amide bonds. The van der Waals surface area contributed by atoms with Gasteiger partial charge < -0.3 is 20.4 Å². The second-order valence-electron chi connectivity index (χ2n) is 13.3. The Balaban J connectivity index is 0.000000307. The largest absolute Gasteiger partial charge is 0.506 e. The maximum absolute atomic E-state index is 10.0. The van der Waals surface area contributed by atoms with Gasteiger partial charge in [0.1, 0.15) is 5.75 Å². The number of aromatic nitrogens is 1. The third-order valence-corrected chi connectivity index (χ3v) is 10.1. The molecule has 0 spiro atoms. The molecule has 40 heavy (non-hydrogen) atoms. The topological polar surface area (TPSA) is 93.8 Å². The standard InChI is InChI=1S/C27H44O.C8H11NO3/c1-19(2)8-6-9-21(4)25-15-16-26-22(10-7-17-27(25,26)5)12-13-23-18-24(28)14-11-20(23)3;1-5-8(12)7(4-11)6(3-10)2-9-5/h12-13,19,21,24-26,28H,3,6-11,14-18H2,1-2,4-5H3;2,10-12H,3-4H2,1H3/b22-12+,23-13-;/t21-,24+,25-,26+,27-;/m1./s1. The number of hydrogen-bond acceptors (Lipinski definition) is 5. The predicted molar refractivity (Wildman–Crippen MR) is 164 cm³/mol. The number of aliphatic hydroxyl groups is 3. The number of allylic oxidation sites excluding steroid dienone is 4. The van der Waals surface area contributed by atoms with Crippen molar-refractivity contribution >= 4 is 0 Å². The predicted octanol–water partition coefficient (Wildman–Crippen LogP) is 7.70. The van der Waals surface area contributed by atoms with Crippen LogP contribution < -0.4 is 0 Å². The molecular formula is C35H55NO4. The summed E-state index contributed by atoms with van der Waals surface area (Å²) < 4.78 is 0. The Morgan fingerprint density at radius 1 is 1.07 bits per heavy atom. The van der Waals surface area contributed by atoms with Crippen molar-refractivity contribution in [3.05, 3.63) is 58.5 Å². The molecule has 0 unspecified atom stereocenters. The minimum absolute atomic E-state index is 0.0379. The van der Waals surface area contributed by atoms with Crippen molar-refractivity contribution in [2.24, 2.45) is 29.1 Å². The number of aliphatic hydroxyl groups excluding tert-OH is 3. The molecule has 1 aromatic heterocycles. The van der Waals surface area contributed by atoms with Crippen molar-refractivity contribution in [3.63, 3.8) is 0 Å². The number of nitrogens with zero attached hydrogens (tertiary/aromatic N) is 1. The van der Waals surface area contributed by atoms with E-state index in [1.807, 2.05) is 0 Å². The summed E-state index contributed by atoms with van der Waals surface area (Å²) in [7, 11) is 0. The molecule has 4 N–H and O–H groups in total. The minimum atomic E-state index is -0.287. The highest BCUT2D eigenvalue weighted by atomic mass is 16.3. The van der Waals surface area contributed by atoms with Gasteiger partial charge in [-0.3, -0.25) is 4.98 Å². The molecule has 3 aliphatic carbocycles. The average molecular weight is 554 g/mol. The fourth-order valence-corrected chi connectivity index (χ4v) is 7.66. The number of aryl methyl sites for hydroxylation is 1. The second-order valence-corrected chi connectivity index (χ2v) is 13.3. The molecule has 3 fully saturated rings. The summed E-state index contributed by atoms with van der Waals surface area (Å²) in [5.74, 6) is 3.33. The van der Waals surface area contributed by atoms with Gasteiger partial charge in [-0.25, -0.2) is 0 Å². The van der Waals surface area contributed by atoms with Crippen LogP contribution in [0.4, 0.5) is 0 Å². The number of aromatic hydroxyl groups is 1. The van der Waals surface area contributed by atoms with E-state index in [1.54, 1.807) is 12.5 Å². The molecule has 5 nitrogen and oxygen atoms in total. The van der Waals surface area contributed by atoms with E-state index >= 15 is 0 Å². The molecule has 3 aliphatic rings. The zero-order chi connectivity index (χ0) is 29.4. The van der Waals surface area contributed by atoms with Crippen molar-refractivity contribution in [2.75, 3.05) is 0 Å². The van der Waals surface area contributed by atoms with E-state index < -0.39 is 0 Å². The van der Waals surface area contributed by atoms with Gasteiger partial charge in [0.25, 0.3) is 0 Å². The Kier molecular flexibility index (Phi) is 12.0. The molecule has 0 bridgehead atoms. The lowest BCUT2D eigenvalue weighted by molar-refractivity contribution is 0.0928. The fraction of sp³-hybridized carbons (Fsp3) is 0.686. The maximum Gasteiger partial charge on any atom is 0.142 e. The van der Waals surface area contributed by atoms with Gasteiger partial charge >= 0.3 is 0 Å². The highest BCUT2D eigenvalue weighted by Crippen LogP contribution is 2.60. The maximum atomic E-state index is 10.0. The summed E-state index contributed by atoms with van der Waals surface area (Å²) in [6.07, 6.45) is 19.7. The Hall–Kier alpha value is -1.95. The Labute approximate surface area is 243 Å². The molecule has 1 heterocycles. The Morgan fingerprint density at radius 2 is 1.82 bits per heavy atom. The summed E-state index contributed by atoms with van der Waals surface area (Å²) in [4.78, 5) is 3.84. The van der Waals surface area contributed by atoms with Crippen molar-refractivity contribution in [3.8, 4) is 5.75 Å². The third-order valence-electron chi connectivity index (χ3n) is 10.1. The van der Waals surface area contributed by atoms with Gasteiger partial charge in [-0.2, -0.15) is 0 Å². The van der Waals surface area contributed by atoms with E-state index in [2.05, 4.69) is 51.4 Å². The van der Waals surface area contributed by atoms with Crippen LogP contribution in [0.3, 0.4) is 0 Å². The van der Waals surface area contributed by atoms with E-state index in [0.29, 0.717) is 22.2 Å². The first kappa shape index (κ1) is 32.6. The molecule has 5 heteroatoms. The monoisotopic (exact) mass is 553 g/mol. The summed E-state index contributed by atoms with van der Waals surface area (Å²) in [6.45, 7) is 15.2. The van der Waals surface area contributed by atoms with E-state index in [1.165, 1.54) is 68.7 Å². The van der Waals surface area contributed by atoms with E-state index in [0.717, 1.165) is 42.9 Å². The second kappa shape index (κ2) is 14.8. The fourth-order valence-electron chi connectivity index (χ4n) is 7.66. The molecule has 1 aromatic rings. The van der Waals surface area contributed by atoms with Crippen molar-refractivity contribution in [2.45, 2.75) is 125 Å². The van der Waals surface area contributed by atoms with Crippen LogP contribution in [0.5, 0.6) is 5.75 Å². The molecule has 0 aliphatic heterocycles. The SMILES string of the molecule is C=C1CC[C@H](O)C/C1=C/C=C1\CCC[C@]2(C)[C@@H]([C@H](C)CCCC(C)C)CC[C@@H]12.Cc1ncc(CO)c(CO)c1O. The summed E-state index contributed by atoms with van der Waals surface area (Å²) in [5.41, 5.74) is 5.98. The van der Waals surface area contributed by atoms with Gasteiger partial charge in [0.2, 0.25) is 0 Å². The van der Waals surface area contributed by atoms with Crippen LogP contribution in [0.1, 0.15) is 115 Å². The van der Waals surface area contributed by atoms with E-state index in [4.69, 9.17) is 10.2 Å². The summed E-state index contributed by atoms with van der Waals surface area (Å²) >= 11 is 0. The van der Waals surface area contributed by atoms with Crippen molar-refractivity contribution in [1.82, 2.24) is 4.98 Å². The van der Waals surface area contributed by atoms with Crippen molar-refractivity contribution < 1.29 is 20.4 Å². The van der Waals surface area contributed by atoms with Gasteiger partial charge in [0, 0.05) is 17.3 Å². The van der Waals surface area contributed by atoms with Crippen LogP contribution in [0.25, 0.3) is 0 Å². The zero-order valence-corrected chi connectivity index (χ0v) is 25.8. The van der Waals surface area contributed by atoms with Gasteiger partial charge in [-0.15, -0.1) is 0 Å². The summed E-state index contributed by atoms with van der Waals surface area (Å²) in [6, 6.07) is 0. The number of fused-ring (bicyclic) bond motifs is 1. The highest BCUT2D eigenvalue weighted by Gasteiger charge is 2.50. The molecular weight excluding hydrogens is 498 g/mol. The van der Waals surface area contributed by atoms with Crippen LogP contribution in [-0.4, -0.2) is 31.5 Å². The molecule has 0 aromatic carbocycles. The average Bonchev–Trinajstić information content (AvgIpc) is 3.28. The van der Waals surface area contributed by atoms with E-state index in [9.17, 15) is 10.2 Å². The summed E-state index contributed by atoms with van der Waals surface area (Å²) in [5, 5.41) is 37.1. The highest BCUT2D eigenvalue weighted by molar-refractivity contribution is 5.40. The zero-order valence-electron chi connectivity index (χ0n) is 25.8. The lowest BCUT2D eigenvalue weighted by atomic mass is 9.60. The van der Waals surface area contributed by atoms with Crippen molar-refractivity contribution in [1.29, 1.82) is 0 Å². The van der Waals surface area contributed by atoms with Crippen LogP contribution in [0.2, 0.25) is 0 Å². The van der Waals surface area contributed by atoms with Gasteiger partial charge in [0.05, 0.1) is 25.0 Å². The molecule has 0 radical (unpaired) electrons. The molecule has 224 valence electrons. The van der Waals surface area contributed by atoms with Gasteiger partial charge in [0.15, 0.2) is 0 Å². The van der Waals surface area contributed by atoms with Crippen LogP contribution in [-0.2, 0) is 13.2 Å². The lowest BCUT2D eigenvalue weighted by Gasteiger charge is -2.44. The van der Waals surface area contributed by atoms with Crippen LogP contribution in [0.15, 0.2) is 41.6 Å². The van der Waals surface area contributed by atoms with E-state index in [-0.39, 0.29) is 25.1 Å². The molecule has 5 atom stereocenters. The first-order chi connectivity index (χ1) is 19.0. The smallest absolute Gasteiger partial charge is 0.142 e.